The van der Waals surface area contributed by atoms with E-state index in [9.17, 15) is 4.79 Å². The van der Waals surface area contributed by atoms with Crippen LogP contribution in [0.3, 0.4) is 0 Å². The van der Waals surface area contributed by atoms with E-state index in [1.165, 1.54) is 17.5 Å². The molecule has 0 heterocycles. The lowest BCUT2D eigenvalue weighted by Crippen LogP contribution is -2.42. The Balaban J connectivity index is 1.68. The number of Topliss-reactive ketones (excluding diaryl/α,β-unsaturated/α-hetero) is 1. The first-order valence-electron chi connectivity index (χ1n) is 8.35. The minimum absolute atomic E-state index is 0.0530. The van der Waals surface area contributed by atoms with E-state index in [-0.39, 0.29) is 5.41 Å². The molecule has 4 rings (SSSR count). The van der Waals surface area contributed by atoms with Crippen LogP contribution in [-0.2, 0) is 11.2 Å². The average Bonchev–Trinajstić information content (AvgIpc) is 2.83. The number of nitrogens with zero attached hydrogens (tertiary/aromatic N) is 1. The first-order valence-corrected chi connectivity index (χ1v) is 8.35. The molecule has 22 heavy (non-hydrogen) atoms. The quantitative estimate of drug-likeness (QED) is 0.736. The molecule has 0 saturated heterocycles. The van der Waals surface area contributed by atoms with Gasteiger partial charge in [0.25, 0.3) is 6.26 Å². The van der Waals surface area contributed by atoms with E-state index in [0.717, 1.165) is 32.1 Å². The predicted octanol–water partition coefficient (Wildman–Crippen LogP) is 3.97. The number of nitriles is 1. The third kappa shape index (κ3) is 1.83. The van der Waals surface area contributed by atoms with Crippen LogP contribution < -0.4 is 4.74 Å². The summed E-state index contributed by atoms with van der Waals surface area (Å²) in [6, 6.07) is 6.10. The van der Waals surface area contributed by atoms with Crippen LogP contribution in [0.5, 0.6) is 5.75 Å². The second kappa shape index (κ2) is 4.84. The molecule has 2 saturated carbocycles. The van der Waals surface area contributed by atoms with Gasteiger partial charge in [0.2, 0.25) is 0 Å². The van der Waals surface area contributed by atoms with Crippen LogP contribution in [0, 0.1) is 28.8 Å². The van der Waals surface area contributed by atoms with Crippen molar-refractivity contribution in [1.82, 2.24) is 0 Å². The maximum atomic E-state index is 12.3. The number of hydrogen-bond donors (Lipinski definition) is 0. The Kier molecular flexibility index (Phi) is 3.04. The smallest absolute Gasteiger partial charge is 0.292 e. The molecule has 2 fully saturated rings. The number of aryl methyl sites for hydroxylation is 1. The minimum Gasteiger partial charge on any atom is -0.388 e. The van der Waals surface area contributed by atoms with Crippen molar-refractivity contribution in [2.45, 2.75) is 51.4 Å². The Morgan fingerprint density at radius 1 is 1.27 bits per heavy atom. The largest absolute Gasteiger partial charge is 0.388 e. The van der Waals surface area contributed by atoms with E-state index in [1.807, 2.05) is 12.1 Å². The summed E-state index contributed by atoms with van der Waals surface area (Å²) in [6.07, 6.45) is 7.98. The molecule has 114 valence electrons. The summed E-state index contributed by atoms with van der Waals surface area (Å²) in [4.78, 5) is 12.3. The van der Waals surface area contributed by atoms with Crippen LogP contribution in [0.2, 0.25) is 0 Å². The standard InChI is InChI=1S/C19H21NO2/c1-19-9-8-15-14-5-3-13(22-11-20)10-12(14)2-4-16(15)17(19)6-7-18(19)21/h3,5,10,15-17H,2,4,6-9H2,1H3/t15-,16-,17+,19+/m1/s1. The highest BCUT2D eigenvalue weighted by Crippen LogP contribution is 2.59. The van der Waals surface area contributed by atoms with Gasteiger partial charge in [-0.3, -0.25) is 4.79 Å². The molecular formula is C19H21NO2. The zero-order valence-electron chi connectivity index (χ0n) is 13.0. The van der Waals surface area contributed by atoms with Crippen LogP contribution >= 0.6 is 0 Å². The molecular weight excluding hydrogens is 274 g/mol. The van der Waals surface area contributed by atoms with Crippen molar-refractivity contribution >= 4 is 5.78 Å². The van der Waals surface area contributed by atoms with E-state index >= 15 is 0 Å². The molecule has 0 radical (unpaired) electrons. The summed E-state index contributed by atoms with van der Waals surface area (Å²) in [5, 5.41) is 8.66. The van der Waals surface area contributed by atoms with E-state index in [1.54, 1.807) is 6.26 Å². The molecule has 4 atom stereocenters. The average molecular weight is 295 g/mol. The third-order valence-electron chi connectivity index (χ3n) is 6.57. The molecule has 1 aromatic rings. The minimum atomic E-state index is -0.0530. The monoisotopic (exact) mass is 295 g/mol. The highest BCUT2D eigenvalue weighted by atomic mass is 16.5. The van der Waals surface area contributed by atoms with Crippen LogP contribution in [-0.4, -0.2) is 5.78 Å². The number of rotatable bonds is 1. The molecule has 3 aliphatic rings. The molecule has 1 aromatic carbocycles. The molecule has 3 heteroatoms. The highest BCUT2D eigenvalue weighted by Gasteiger charge is 2.54. The number of carbonyl (C=O) groups excluding carboxylic acids is 1. The van der Waals surface area contributed by atoms with Gasteiger partial charge in [-0.15, -0.1) is 5.26 Å². The van der Waals surface area contributed by atoms with Crippen molar-refractivity contribution in [3.05, 3.63) is 29.3 Å². The maximum absolute atomic E-state index is 12.3. The SMILES string of the molecule is C[C@]12CC[C@@H]3c4ccc(OC#N)cc4CC[C@H]3[C@@H]1CCC2=O. The molecule has 0 aliphatic heterocycles. The maximum Gasteiger partial charge on any atom is 0.292 e. The van der Waals surface area contributed by atoms with Gasteiger partial charge < -0.3 is 4.74 Å². The lowest BCUT2D eigenvalue weighted by Gasteiger charge is -2.48. The summed E-state index contributed by atoms with van der Waals surface area (Å²) in [5.74, 6) is 2.96. The third-order valence-corrected chi connectivity index (χ3v) is 6.57. The second-order valence-electron chi connectivity index (χ2n) is 7.39. The number of hydrogen-bond acceptors (Lipinski definition) is 3. The first-order chi connectivity index (χ1) is 10.6. The van der Waals surface area contributed by atoms with Gasteiger partial charge in [-0.05, 0) is 73.1 Å². The Bertz CT molecular complexity index is 675. The Morgan fingerprint density at radius 3 is 2.95 bits per heavy atom. The van der Waals surface area contributed by atoms with Crippen molar-refractivity contribution in [2.75, 3.05) is 0 Å². The van der Waals surface area contributed by atoms with Crippen LogP contribution in [0.1, 0.15) is 56.1 Å². The van der Waals surface area contributed by atoms with Crippen molar-refractivity contribution in [2.24, 2.45) is 17.3 Å². The van der Waals surface area contributed by atoms with E-state index in [0.29, 0.717) is 29.3 Å². The zero-order valence-corrected chi connectivity index (χ0v) is 13.0. The summed E-state index contributed by atoms with van der Waals surface area (Å²) in [5.41, 5.74) is 2.72. The Hall–Kier alpha value is -1.82. The molecule has 0 aromatic heterocycles. The molecule has 0 spiro atoms. The number of benzene rings is 1. The Labute approximate surface area is 131 Å². The fraction of sp³-hybridized carbons (Fsp3) is 0.579. The van der Waals surface area contributed by atoms with Gasteiger partial charge in [0.05, 0.1) is 0 Å². The van der Waals surface area contributed by atoms with E-state index < -0.39 is 0 Å². The number of carbonyl (C=O) groups is 1. The molecule has 3 aliphatic carbocycles. The van der Waals surface area contributed by atoms with Crippen molar-refractivity contribution in [3.63, 3.8) is 0 Å². The number of fused-ring (bicyclic) bond motifs is 5. The van der Waals surface area contributed by atoms with Crippen LogP contribution in [0.25, 0.3) is 0 Å². The van der Waals surface area contributed by atoms with Crippen molar-refractivity contribution in [3.8, 4) is 12.0 Å². The lowest BCUT2D eigenvalue weighted by molar-refractivity contribution is -0.129. The second-order valence-corrected chi connectivity index (χ2v) is 7.39. The van der Waals surface area contributed by atoms with Crippen molar-refractivity contribution in [1.29, 1.82) is 5.26 Å². The molecule has 3 nitrogen and oxygen atoms in total. The zero-order chi connectivity index (χ0) is 15.3. The van der Waals surface area contributed by atoms with Crippen LogP contribution in [0.4, 0.5) is 0 Å². The van der Waals surface area contributed by atoms with Gasteiger partial charge in [-0.2, -0.15) is 0 Å². The van der Waals surface area contributed by atoms with Crippen LogP contribution in [0.15, 0.2) is 18.2 Å². The highest BCUT2D eigenvalue weighted by molar-refractivity contribution is 5.87. The molecule has 0 N–H and O–H groups in total. The van der Waals surface area contributed by atoms with Gasteiger partial charge in [0.15, 0.2) is 0 Å². The van der Waals surface area contributed by atoms with Gasteiger partial charge in [0, 0.05) is 11.8 Å². The number of ether oxygens (including phenoxy) is 1. The molecule has 0 bridgehead atoms. The van der Waals surface area contributed by atoms with E-state index in [2.05, 4.69) is 13.0 Å². The van der Waals surface area contributed by atoms with Gasteiger partial charge in [-0.1, -0.05) is 13.0 Å². The lowest BCUT2D eigenvalue weighted by atomic mass is 9.55. The molecule has 0 amide bonds. The number of ketones is 1. The van der Waals surface area contributed by atoms with Gasteiger partial charge >= 0.3 is 0 Å². The fourth-order valence-electron chi connectivity index (χ4n) is 5.45. The van der Waals surface area contributed by atoms with Crippen molar-refractivity contribution < 1.29 is 9.53 Å². The summed E-state index contributed by atoms with van der Waals surface area (Å²) in [7, 11) is 0. The first kappa shape index (κ1) is 13.8. The van der Waals surface area contributed by atoms with Gasteiger partial charge in [0.1, 0.15) is 11.5 Å². The normalized spacial score (nSPS) is 36.0. The van der Waals surface area contributed by atoms with E-state index in [4.69, 9.17) is 10.00 Å². The summed E-state index contributed by atoms with van der Waals surface area (Å²) < 4.78 is 4.97. The molecule has 0 unspecified atom stereocenters. The summed E-state index contributed by atoms with van der Waals surface area (Å²) in [6.45, 7) is 2.21. The Morgan fingerprint density at radius 2 is 2.14 bits per heavy atom. The topological polar surface area (TPSA) is 50.1 Å². The fourth-order valence-corrected chi connectivity index (χ4v) is 5.45. The summed E-state index contributed by atoms with van der Waals surface area (Å²) >= 11 is 0. The predicted molar refractivity (Wildman–Crippen MR) is 82.3 cm³/mol. The van der Waals surface area contributed by atoms with Gasteiger partial charge in [-0.25, -0.2) is 0 Å².